The van der Waals surface area contributed by atoms with E-state index in [4.69, 9.17) is 23.4 Å². The normalized spacial score (nSPS) is 23.7. The number of pyridine rings is 1. The van der Waals surface area contributed by atoms with Crippen LogP contribution in [-0.4, -0.2) is 29.6 Å². The molecule has 0 spiro atoms. The zero-order valence-electron chi connectivity index (χ0n) is 8.74. The number of carbonyl (C=O) groups excluding carboxylic acids is 1. The van der Waals surface area contributed by atoms with Crippen molar-refractivity contribution < 1.29 is 9.18 Å². The molecule has 1 saturated heterocycles. The van der Waals surface area contributed by atoms with Gasteiger partial charge < -0.3 is 5.32 Å². The van der Waals surface area contributed by atoms with Gasteiger partial charge in [-0.05, 0) is 12.1 Å². The predicted octanol–water partition coefficient (Wildman–Crippen LogP) is 1.92. The summed E-state index contributed by atoms with van der Waals surface area (Å²) in [6, 6.07) is 4.15. The van der Waals surface area contributed by atoms with Crippen molar-refractivity contribution in [3.63, 3.8) is 0 Å². The van der Waals surface area contributed by atoms with Crippen molar-refractivity contribution in [2.45, 2.75) is 18.6 Å². The molecule has 1 aromatic rings. The summed E-state index contributed by atoms with van der Waals surface area (Å²) < 4.78 is 13.8. The fourth-order valence-electron chi connectivity index (χ4n) is 1.64. The summed E-state index contributed by atoms with van der Waals surface area (Å²) in [6.45, 7) is 0.171. The van der Waals surface area contributed by atoms with Crippen molar-refractivity contribution >= 4 is 35.1 Å². The molecule has 0 unspecified atom stereocenters. The maximum Gasteiger partial charge on any atom is 0.260 e. The standard InChI is InChI=1S/C10H10Cl2FN3O/c11-8-2-1-3-9(15-8)16(12)10(17)7-4-6(13)5-14-7/h1-3,6-7,14H,4-5H2/t6-,7+/m1/s1. The summed E-state index contributed by atoms with van der Waals surface area (Å²) in [6.07, 6.45) is -0.885. The Kier molecular flexibility index (Phi) is 3.81. The first-order valence-corrected chi connectivity index (χ1v) is 5.79. The Morgan fingerprint density at radius 2 is 2.35 bits per heavy atom. The van der Waals surface area contributed by atoms with E-state index in [-0.39, 0.29) is 23.9 Å². The van der Waals surface area contributed by atoms with Crippen LogP contribution in [0.15, 0.2) is 18.2 Å². The number of carbonyl (C=O) groups is 1. The molecule has 2 rings (SSSR count). The summed E-state index contributed by atoms with van der Waals surface area (Å²) in [5.74, 6) is -0.199. The molecule has 1 amide bonds. The average Bonchev–Trinajstić information content (AvgIpc) is 2.74. The Labute approximate surface area is 108 Å². The van der Waals surface area contributed by atoms with Crippen LogP contribution in [0.2, 0.25) is 5.15 Å². The van der Waals surface area contributed by atoms with Crippen molar-refractivity contribution in [2.75, 3.05) is 11.0 Å². The lowest BCUT2D eigenvalue weighted by Crippen LogP contribution is -2.39. The number of hydrogen-bond acceptors (Lipinski definition) is 3. The summed E-state index contributed by atoms with van der Waals surface area (Å²) in [5.41, 5.74) is 0. The van der Waals surface area contributed by atoms with Gasteiger partial charge in [-0.2, -0.15) is 0 Å². The quantitative estimate of drug-likeness (QED) is 0.664. The minimum Gasteiger partial charge on any atom is -0.303 e. The molecule has 1 aliphatic heterocycles. The van der Waals surface area contributed by atoms with E-state index in [1.807, 2.05) is 0 Å². The van der Waals surface area contributed by atoms with E-state index in [2.05, 4.69) is 10.3 Å². The minimum absolute atomic E-state index is 0.128. The molecule has 0 saturated carbocycles. The first kappa shape index (κ1) is 12.5. The van der Waals surface area contributed by atoms with Crippen molar-refractivity contribution in [3.05, 3.63) is 23.4 Å². The van der Waals surface area contributed by atoms with Crippen LogP contribution >= 0.6 is 23.4 Å². The average molecular weight is 278 g/mol. The molecule has 2 heterocycles. The third-order valence-corrected chi connectivity index (χ3v) is 3.02. The summed E-state index contributed by atoms with van der Waals surface area (Å²) in [7, 11) is 0. The van der Waals surface area contributed by atoms with Gasteiger partial charge in [0.15, 0.2) is 5.82 Å². The molecule has 0 aromatic carbocycles. The second-order valence-electron chi connectivity index (χ2n) is 3.73. The number of hydrogen-bond donors (Lipinski definition) is 1. The van der Waals surface area contributed by atoms with Crippen molar-refractivity contribution in [3.8, 4) is 0 Å². The van der Waals surface area contributed by atoms with Crippen LogP contribution in [-0.2, 0) is 4.79 Å². The highest BCUT2D eigenvalue weighted by Gasteiger charge is 2.32. The molecule has 1 aromatic heterocycles. The summed E-state index contributed by atoms with van der Waals surface area (Å²) in [5, 5.41) is 3.00. The number of anilines is 1. The van der Waals surface area contributed by atoms with E-state index >= 15 is 0 Å². The van der Waals surface area contributed by atoms with Crippen LogP contribution < -0.4 is 9.74 Å². The smallest absolute Gasteiger partial charge is 0.260 e. The van der Waals surface area contributed by atoms with Gasteiger partial charge in [-0.3, -0.25) is 4.79 Å². The molecule has 7 heteroatoms. The number of rotatable bonds is 2. The van der Waals surface area contributed by atoms with Gasteiger partial charge in [-0.1, -0.05) is 17.7 Å². The number of nitrogens with one attached hydrogen (secondary N) is 1. The Balaban J connectivity index is 2.09. The zero-order valence-corrected chi connectivity index (χ0v) is 10.2. The molecule has 92 valence electrons. The van der Waals surface area contributed by atoms with Crippen LogP contribution in [0.1, 0.15) is 6.42 Å². The molecule has 4 nitrogen and oxygen atoms in total. The van der Waals surface area contributed by atoms with E-state index in [0.29, 0.717) is 0 Å². The first-order valence-electron chi connectivity index (χ1n) is 5.07. The van der Waals surface area contributed by atoms with Crippen LogP contribution in [0.4, 0.5) is 10.2 Å². The van der Waals surface area contributed by atoms with Gasteiger partial charge in [-0.15, -0.1) is 0 Å². The number of aromatic nitrogens is 1. The highest BCUT2D eigenvalue weighted by atomic mass is 35.5. The molecular weight excluding hydrogens is 268 g/mol. The number of alkyl halides is 1. The molecule has 0 aliphatic carbocycles. The monoisotopic (exact) mass is 277 g/mol. The molecule has 1 N–H and O–H groups in total. The van der Waals surface area contributed by atoms with Crippen LogP contribution in [0.25, 0.3) is 0 Å². The fraction of sp³-hybridized carbons (Fsp3) is 0.400. The minimum atomic E-state index is -1.01. The summed E-state index contributed by atoms with van der Waals surface area (Å²) in [4.78, 5) is 15.8. The Bertz CT molecular complexity index is 432. The molecule has 1 fully saturated rings. The van der Waals surface area contributed by atoms with E-state index in [0.717, 1.165) is 4.42 Å². The third kappa shape index (κ3) is 2.86. The van der Waals surface area contributed by atoms with Gasteiger partial charge in [-0.25, -0.2) is 13.8 Å². The number of halogens is 3. The van der Waals surface area contributed by atoms with Gasteiger partial charge in [0.25, 0.3) is 5.91 Å². The third-order valence-electron chi connectivity index (χ3n) is 2.47. The summed E-state index contributed by atoms with van der Waals surface area (Å²) >= 11 is 11.5. The highest BCUT2D eigenvalue weighted by Crippen LogP contribution is 2.20. The van der Waals surface area contributed by atoms with Crippen molar-refractivity contribution in [1.29, 1.82) is 0 Å². The van der Waals surface area contributed by atoms with Crippen molar-refractivity contribution in [2.24, 2.45) is 0 Å². The zero-order chi connectivity index (χ0) is 12.4. The van der Waals surface area contributed by atoms with Gasteiger partial charge in [0.2, 0.25) is 0 Å². The predicted molar refractivity (Wildman–Crippen MR) is 63.9 cm³/mol. The number of nitrogens with zero attached hydrogens (tertiary/aromatic N) is 2. The van der Waals surface area contributed by atoms with E-state index < -0.39 is 18.1 Å². The first-order chi connectivity index (χ1) is 8.08. The largest absolute Gasteiger partial charge is 0.303 e. The lowest BCUT2D eigenvalue weighted by Gasteiger charge is -2.17. The van der Waals surface area contributed by atoms with E-state index in [9.17, 15) is 9.18 Å². The second kappa shape index (κ2) is 5.16. The van der Waals surface area contributed by atoms with Gasteiger partial charge in [0.05, 0.1) is 6.04 Å². The molecule has 2 atom stereocenters. The van der Waals surface area contributed by atoms with Gasteiger partial charge in [0, 0.05) is 24.7 Å². The Morgan fingerprint density at radius 1 is 1.59 bits per heavy atom. The molecule has 1 aliphatic rings. The van der Waals surface area contributed by atoms with E-state index in [1.165, 1.54) is 0 Å². The maximum absolute atomic E-state index is 13.0. The Hall–Kier alpha value is -0.910. The maximum atomic E-state index is 13.0. The molecule has 17 heavy (non-hydrogen) atoms. The van der Waals surface area contributed by atoms with E-state index in [1.54, 1.807) is 18.2 Å². The molecule has 0 radical (unpaired) electrons. The fourth-order valence-corrected chi connectivity index (χ4v) is 2.01. The molecular formula is C10H10Cl2FN3O. The van der Waals surface area contributed by atoms with Gasteiger partial charge >= 0.3 is 0 Å². The second-order valence-corrected chi connectivity index (χ2v) is 4.46. The molecule has 0 bridgehead atoms. The highest BCUT2D eigenvalue weighted by molar-refractivity contribution is 6.37. The van der Waals surface area contributed by atoms with Gasteiger partial charge in [0.1, 0.15) is 11.3 Å². The lowest BCUT2D eigenvalue weighted by atomic mass is 10.2. The van der Waals surface area contributed by atoms with Crippen LogP contribution in [0, 0.1) is 0 Å². The SMILES string of the molecule is O=C([C@@H]1C[C@@H](F)CN1)N(Cl)c1cccc(Cl)n1. The lowest BCUT2D eigenvalue weighted by molar-refractivity contribution is -0.119. The van der Waals surface area contributed by atoms with Crippen molar-refractivity contribution in [1.82, 2.24) is 10.3 Å². The Morgan fingerprint density at radius 3 is 2.94 bits per heavy atom. The number of amides is 1. The topological polar surface area (TPSA) is 45.2 Å². The van der Waals surface area contributed by atoms with Crippen LogP contribution in [0.5, 0.6) is 0 Å². The van der Waals surface area contributed by atoms with Crippen LogP contribution in [0.3, 0.4) is 0 Å².